The van der Waals surface area contributed by atoms with Crippen LogP contribution in [0.2, 0.25) is 0 Å². The molecule has 6 nitrogen and oxygen atoms in total. The molecular weight excluding hydrogens is 391 g/mol. The molecule has 4 aromatic rings. The largest absolute Gasteiger partial charge is 0.325 e. The van der Waals surface area contributed by atoms with Crippen LogP contribution in [-0.4, -0.2) is 26.1 Å². The highest BCUT2D eigenvalue weighted by atomic mass is 19.1. The van der Waals surface area contributed by atoms with Gasteiger partial charge in [-0.15, -0.1) is 10.2 Å². The fraction of sp³-hybridized carbons (Fsp3) is 0.250. The van der Waals surface area contributed by atoms with E-state index >= 15 is 4.39 Å². The molecule has 0 fully saturated rings. The zero-order valence-corrected chi connectivity index (χ0v) is 17.2. The van der Waals surface area contributed by atoms with Gasteiger partial charge in [0, 0.05) is 17.8 Å². The van der Waals surface area contributed by atoms with E-state index in [9.17, 15) is 5.26 Å². The maximum Gasteiger partial charge on any atom is 0.257 e. The van der Waals surface area contributed by atoms with Crippen molar-refractivity contribution in [2.75, 3.05) is 11.4 Å². The Morgan fingerprint density at radius 1 is 1.16 bits per heavy atom. The zero-order chi connectivity index (χ0) is 21.6. The van der Waals surface area contributed by atoms with Crippen LogP contribution in [0.5, 0.6) is 0 Å². The van der Waals surface area contributed by atoms with Crippen molar-refractivity contribution in [3.63, 3.8) is 0 Å². The molecule has 0 atom stereocenters. The van der Waals surface area contributed by atoms with Crippen LogP contribution in [0.25, 0.3) is 16.7 Å². The summed E-state index contributed by atoms with van der Waals surface area (Å²) in [6.45, 7) is 4.30. The quantitative estimate of drug-likeness (QED) is 0.435. The van der Waals surface area contributed by atoms with Gasteiger partial charge in [0.05, 0.1) is 17.0 Å². The number of nitrogens with zero attached hydrogens (tertiary/aromatic N) is 6. The summed E-state index contributed by atoms with van der Waals surface area (Å²) in [5.41, 5.74) is 2.87. The van der Waals surface area contributed by atoms with Gasteiger partial charge in [-0.25, -0.2) is 4.39 Å². The minimum atomic E-state index is -0.726. The number of rotatable bonds is 1. The minimum Gasteiger partial charge on any atom is -0.325 e. The maximum absolute atomic E-state index is 15.0. The number of nitriles is 1. The minimum absolute atomic E-state index is 0.338. The van der Waals surface area contributed by atoms with Gasteiger partial charge in [0.15, 0.2) is 0 Å². The molecule has 0 radical (unpaired) electrons. The first-order chi connectivity index (χ1) is 15.0. The summed E-state index contributed by atoms with van der Waals surface area (Å²) < 4.78 is 16.7. The highest BCUT2D eigenvalue weighted by Crippen LogP contribution is 2.38. The molecule has 0 saturated heterocycles. The van der Waals surface area contributed by atoms with Gasteiger partial charge in [-0.3, -0.25) is 4.40 Å². The van der Waals surface area contributed by atoms with Crippen LogP contribution >= 0.6 is 0 Å². The summed E-state index contributed by atoms with van der Waals surface area (Å²) in [7, 11) is 0. The van der Waals surface area contributed by atoms with Crippen LogP contribution in [0.3, 0.4) is 0 Å². The molecule has 1 aliphatic rings. The Balaban J connectivity index is 1.72. The lowest BCUT2D eigenvalue weighted by Crippen LogP contribution is -2.26. The van der Waals surface area contributed by atoms with Gasteiger partial charge in [-0.2, -0.15) is 10.2 Å². The number of benzene rings is 2. The second-order valence-corrected chi connectivity index (χ2v) is 8.12. The second kappa shape index (κ2) is 7.07. The number of fused-ring (bicyclic) bond motifs is 4. The van der Waals surface area contributed by atoms with E-state index in [4.69, 9.17) is 0 Å². The Morgan fingerprint density at radius 3 is 2.84 bits per heavy atom. The van der Waals surface area contributed by atoms with Crippen LogP contribution in [0.15, 0.2) is 42.7 Å². The van der Waals surface area contributed by atoms with Crippen molar-refractivity contribution in [2.45, 2.75) is 26.7 Å². The van der Waals surface area contributed by atoms with Gasteiger partial charge in [0.1, 0.15) is 23.4 Å². The first-order valence-corrected chi connectivity index (χ1v) is 10.1. The molecule has 2 aromatic carbocycles. The van der Waals surface area contributed by atoms with Crippen molar-refractivity contribution in [2.24, 2.45) is 5.41 Å². The van der Waals surface area contributed by atoms with Crippen molar-refractivity contribution < 1.29 is 4.39 Å². The summed E-state index contributed by atoms with van der Waals surface area (Å²) in [5.74, 6) is 6.86. The van der Waals surface area contributed by atoms with Crippen molar-refractivity contribution in [1.82, 2.24) is 19.6 Å². The molecule has 2 aromatic heterocycles. The monoisotopic (exact) mass is 410 g/mol. The fourth-order valence-corrected chi connectivity index (χ4v) is 3.97. The van der Waals surface area contributed by atoms with Crippen molar-refractivity contribution >= 4 is 28.2 Å². The van der Waals surface area contributed by atoms with Crippen molar-refractivity contribution in [3.05, 3.63) is 59.7 Å². The maximum atomic E-state index is 15.0. The first kappa shape index (κ1) is 19.0. The zero-order valence-electron chi connectivity index (χ0n) is 17.2. The SMILES string of the molecule is CC(C)(C#N)C#Cc1cccc2c1CCCN2c1nc2nncn2c2cccc(F)c12. The molecule has 152 valence electrons. The molecule has 0 bridgehead atoms. The van der Waals surface area contributed by atoms with Gasteiger partial charge in [-0.1, -0.05) is 24.0 Å². The summed E-state index contributed by atoms with van der Waals surface area (Å²) in [6, 6.07) is 13.1. The average molecular weight is 410 g/mol. The lowest BCUT2D eigenvalue weighted by atomic mass is 9.93. The third kappa shape index (κ3) is 3.15. The van der Waals surface area contributed by atoms with E-state index < -0.39 is 5.41 Å². The molecular formula is C24H19FN6. The average Bonchev–Trinajstić information content (AvgIpc) is 3.26. The van der Waals surface area contributed by atoms with Crippen LogP contribution in [0.1, 0.15) is 31.4 Å². The molecule has 31 heavy (non-hydrogen) atoms. The van der Waals surface area contributed by atoms with Gasteiger partial charge in [0.2, 0.25) is 0 Å². The molecule has 0 aliphatic carbocycles. The lowest BCUT2D eigenvalue weighted by Gasteiger charge is -2.32. The Morgan fingerprint density at radius 2 is 2.00 bits per heavy atom. The number of hydrogen-bond donors (Lipinski definition) is 0. The highest BCUT2D eigenvalue weighted by Gasteiger charge is 2.25. The van der Waals surface area contributed by atoms with Crippen LogP contribution in [0.4, 0.5) is 15.9 Å². The number of hydrogen-bond acceptors (Lipinski definition) is 5. The second-order valence-electron chi connectivity index (χ2n) is 8.12. The van der Waals surface area contributed by atoms with E-state index in [1.165, 1.54) is 6.07 Å². The number of aromatic nitrogens is 4. The fourth-order valence-electron chi connectivity index (χ4n) is 3.97. The molecule has 1 aliphatic heterocycles. The molecule has 0 N–H and O–H groups in total. The topological polar surface area (TPSA) is 70.1 Å². The normalized spacial score (nSPS) is 13.5. The van der Waals surface area contributed by atoms with E-state index in [-0.39, 0.29) is 5.82 Å². The number of halogens is 1. The Labute approximate surface area is 179 Å². The molecule has 3 heterocycles. The predicted molar refractivity (Wildman–Crippen MR) is 116 cm³/mol. The Bertz CT molecular complexity index is 1430. The van der Waals surface area contributed by atoms with E-state index in [2.05, 4.69) is 33.1 Å². The van der Waals surface area contributed by atoms with Gasteiger partial charge in [-0.05, 0) is 56.5 Å². The van der Waals surface area contributed by atoms with Gasteiger partial charge in [0.25, 0.3) is 5.78 Å². The molecule has 0 spiro atoms. The third-order valence-corrected chi connectivity index (χ3v) is 5.51. The highest BCUT2D eigenvalue weighted by molar-refractivity contribution is 5.94. The molecule has 7 heteroatoms. The predicted octanol–water partition coefficient (Wildman–Crippen LogP) is 4.40. The summed E-state index contributed by atoms with van der Waals surface area (Å²) >= 11 is 0. The molecule has 0 saturated carbocycles. The lowest BCUT2D eigenvalue weighted by molar-refractivity contribution is 0.638. The van der Waals surface area contributed by atoms with Gasteiger partial charge >= 0.3 is 0 Å². The van der Waals surface area contributed by atoms with Crippen LogP contribution < -0.4 is 4.90 Å². The van der Waals surface area contributed by atoms with E-state index in [1.54, 1.807) is 30.6 Å². The Kier molecular flexibility index (Phi) is 4.34. The first-order valence-electron chi connectivity index (χ1n) is 10.1. The molecule has 0 amide bonds. The van der Waals surface area contributed by atoms with Gasteiger partial charge < -0.3 is 4.90 Å². The standard InChI is InChI=1S/C24H19FN6/c1-24(2,14-26)12-11-16-6-3-9-19-17(16)7-5-13-30(19)22-21-18(25)8-4-10-20(21)31-15-27-29-23(31)28-22/h3-4,6,8-10,15H,5,7,13H2,1-2H3. The van der Waals surface area contributed by atoms with Crippen molar-refractivity contribution in [3.8, 4) is 17.9 Å². The van der Waals surface area contributed by atoms with Crippen molar-refractivity contribution in [1.29, 1.82) is 5.26 Å². The molecule has 0 unspecified atom stereocenters. The summed E-state index contributed by atoms with van der Waals surface area (Å²) in [4.78, 5) is 6.71. The smallest absolute Gasteiger partial charge is 0.257 e. The summed E-state index contributed by atoms with van der Waals surface area (Å²) in [5, 5.41) is 17.8. The third-order valence-electron chi connectivity index (χ3n) is 5.51. The van der Waals surface area contributed by atoms with E-state index in [0.29, 0.717) is 29.0 Å². The van der Waals surface area contributed by atoms with Crippen LogP contribution in [0, 0.1) is 34.4 Å². The van der Waals surface area contributed by atoms with Crippen LogP contribution in [-0.2, 0) is 6.42 Å². The number of anilines is 2. The Hall–Kier alpha value is -3.97. The summed E-state index contributed by atoms with van der Waals surface area (Å²) in [6.07, 6.45) is 3.28. The van der Waals surface area contributed by atoms with E-state index in [1.807, 2.05) is 29.2 Å². The molecule has 5 rings (SSSR count). The van der Waals surface area contributed by atoms with E-state index in [0.717, 1.165) is 29.7 Å².